The first kappa shape index (κ1) is 8.00. The summed E-state index contributed by atoms with van der Waals surface area (Å²) in [5.41, 5.74) is -0.133. The molecular weight excluding hydrogens is 266 g/mol. The van der Waals surface area contributed by atoms with Crippen LogP contribution in [0.4, 0.5) is 0 Å². The second kappa shape index (κ2) is 3.34. The molecular formula is C5H4ClIN2O. The lowest BCUT2D eigenvalue weighted by atomic mass is 10.6. The van der Waals surface area contributed by atoms with Crippen LogP contribution in [0, 0.1) is 3.57 Å². The summed E-state index contributed by atoms with van der Waals surface area (Å²) < 4.78 is 0.575. The Hall–Kier alpha value is -0.100. The van der Waals surface area contributed by atoms with Gasteiger partial charge in [-0.05, 0) is 22.6 Å². The third-order valence-corrected chi connectivity index (χ3v) is 1.96. The van der Waals surface area contributed by atoms with Gasteiger partial charge in [0.1, 0.15) is 5.82 Å². The molecule has 0 unspecified atom stereocenters. The van der Waals surface area contributed by atoms with E-state index in [4.69, 9.17) is 11.6 Å². The van der Waals surface area contributed by atoms with Crippen LogP contribution in [0.2, 0.25) is 0 Å². The third kappa shape index (κ3) is 1.69. The van der Waals surface area contributed by atoms with Crippen LogP contribution < -0.4 is 5.56 Å². The van der Waals surface area contributed by atoms with Gasteiger partial charge in [-0.15, -0.1) is 11.6 Å². The molecule has 0 amide bonds. The highest BCUT2D eigenvalue weighted by Gasteiger charge is 1.95. The van der Waals surface area contributed by atoms with Gasteiger partial charge in [0.15, 0.2) is 0 Å². The molecule has 0 bridgehead atoms. The smallest absolute Gasteiger partial charge is 0.264 e. The molecule has 1 N–H and O–H groups in total. The Labute approximate surface area is 76.0 Å². The van der Waals surface area contributed by atoms with Crippen LogP contribution in [-0.2, 0) is 5.88 Å². The summed E-state index contributed by atoms with van der Waals surface area (Å²) in [7, 11) is 0. The zero-order valence-corrected chi connectivity index (χ0v) is 7.81. The summed E-state index contributed by atoms with van der Waals surface area (Å²) in [5.74, 6) is 0.749. The van der Waals surface area contributed by atoms with Crippen LogP contribution in [0.15, 0.2) is 11.0 Å². The molecule has 1 aromatic heterocycles. The highest BCUT2D eigenvalue weighted by molar-refractivity contribution is 14.1. The van der Waals surface area contributed by atoms with Crippen molar-refractivity contribution in [3.63, 3.8) is 0 Å². The molecule has 0 saturated heterocycles. The number of rotatable bonds is 1. The van der Waals surface area contributed by atoms with Crippen molar-refractivity contribution in [2.24, 2.45) is 0 Å². The predicted molar refractivity (Wildman–Crippen MR) is 47.1 cm³/mol. The summed E-state index contributed by atoms with van der Waals surface area (Å²) in [6.45, 7) is 0. The first-order valence-electron chi connectivity index (χ1n) is 2.53. The Bertz CT molecular complexity index is 285. The van der Waals surface area contributed by atoms with Crippen molar-refractivity contribution < 1.29 is 0 Å². The third-order valence-electron chi connectivity index (χ3n) is 0.935. The molecule has 0 spiro atoms. The summed E-state index contributed by atoms with van der Waals surface area (Å²) in [4.78, 5) is 17.2. The van der Waals surface area contributed by atoms with Crippen molar-refractivity contribution in [1.82, 2.24) is 9.97 Å². The lowest BCUT2D eigenvalue weighted by Gasteiger charge is -1.92. The molecule has 1 aromatic rings. The van der Waals surface area contributed by atoms with Crippen molar-refractivity contribution in [3.8, 4) is 0 Å². The van der Waals surface area contributed by atoms with Gasteiger partial charge in [0.25, 0.3) is 5.56 Å². The molecule has 3 nitrogen and oxygen atoms in total. The highest BCUT2D eigenvalue weighted by atomic mass is 127. The fourth-order valence-corrected chi connectivity index (χ4v) is 0.894. The SMILES string of the molecule is O=c1[nH]c(CCl)ncc1I. The van der Waals surface area contributed by atoms with E-state index in [1.165, 1.54) is 6.20 Å². The van der Waals surface area contributed by atoms with Crippen molar-refractivity contribution in [1.29, 1.82) is 0 Å². The van der Waals surface area contributed by atoms with Gasteiger partial charge < -0.3 is 4.98 Å². The van der Waals surface area contributed by atoms with Crippen molar-refractivity contribution in [2.75, 3.05) is 0 Å². The van der Waals surface area contributed by atoms with Crippen LogP contribution in [-0.4, -0.2) is 9.97 Å². The van der Waals surface area contributed by atoms with Crippen LogP contribution in [0.5, 0.6) is 0 Å². The molecule has 0 saturated carbocycles. The van der Waals surface area contributed by atoms with Gasteiger partial charge in [0.2, 0.25) is 0 Å². The Balaban J connectivity index is 3.17. The molecule has 1 rings (SSSR count). The van der Waals surface area contributed by atoms with Gasteiger partial charge in [0.05, 0.1) is 9.45 Å². The zero-order chi connectivity index (χ0) is 7.56. The maximum atomic E-state index is 10.8. The van der Waals surface area contributed by atoms with Crippen LogP contribution in [0.1, 0.15) is 5.82 Å². The summed E-state index contributed by atoms with van der Waals surface area (Å²) >= 11 is 7.32. The number of aromatic nitrogens is 2. The zero-order valence-electron chi connectivity index (χ0n) is 4.90. The van der Waals surface area contributed by atoms with E-state index in [0.717, 1.165) is 0 Å². The Morgan fingerprint density at radius 2 is 2.50 bits per heavy atom. The van der Waals surface area contributed by atoms with Crippen LogP contribution >= 0.6 is 34.2 Å². The predicted octanol–water partition coefficient (Wildman–Crippen LogP) is 1.11. The van der Waals surface area contributed by atoms with Gasteiger partial charge in [-0.3, -0.25) is 4.79 Å². The molecule has 0 atom stereocenters. The Morgan fingerprint density at radius 3 is 3.00 bits per heavy atom. The number of aromatic amines is 1. The molecule has 1 heterocycles. The fraction of sp³-hybridized carbons (Fsp3) is 0.200. The standard InChI is InChI=1S/C5H4ClIN2O/c6-1-4-8-2-3(7)5(10)9-4/h2H,1H2,(H,8,9,10). The van der Waals surface area contributed by atoms with Gasteiger partial charge >= 0.3 is 0 Å². The van der Waals surface area contributed by atoms with E-state index in [9.17, 15) is 4.79 Å². The van der Waals surface area contributed by atoms with Crippen molar-refractivity contribution in [3.05, 3.63) is 25.9 Å². The monoisotopic (exact) mass is 270 g/mol. The minimum absolute atomic E-state index is 0.133. The first-order valence-corrected chi connectivity index (χ1v) is 4.15. The van der Waals surface area contributed by atoms with E-state index in [2.05, 4.69) is 9.97 Å². The lowest BCUT2D eigenvalue weighted by Crippen LogP contribution is -2.12. The lowest BCUT2D eigenvalue weighted by molar-refractivity contribution is 0.986. The number of hydrogen-bond donors (Lipinski definition) is 1. The fourth-order valence-electron chi connectivity index (χ4n) is 0.484. The topological polar surface area (TPSA) is 45.8 Å². The molecule has 5 heteroatoms. The molecule has 54 valence electrons. The summed E-state index contributed by atoms with van der Waals surface area (Å²) in [6.07, 6.45) is 1.50. The second-order valence-electron chi connectivity index (χ2n) is 1.64. The van der Waals surface area contributed by atoms with Gasteiger partial charge in [-0.2, -0.15) is 0 Å². The molecule has 0 aliphatic heterocycles. The number of H-pyrrole nitrogens is 1. The van der Waals surface area contributed by atoms with E-state index in [0.29, 0.717) is 9.39 Å². The normalized spacial score (nSPS) is 9.80. The Morgan fingerprint density at radius 1 is 1.80 bits per heavy atom. The minimum Gasteiger partial charge on any atom is -0.309 e. The number of halogens is 2. The average Bonchev–Trinajstić information content (AvgIpc) is 1.95. The van der Waals surface area contributed by atoms with Crippen molar-refractivity contribution >= 4 is 34.2 Å². The molecule has 0 aliphatic rings. The highest BCUT2D eigenvalue weighted by Crippen LogP contribution is 1.95. The maximum absolute atomic E-state index is 10.8. The largest absolute Gasteiger partial charge is 0.309 e. The number of nitrogens with one attached hydrogen (secondary N) is 1. The minimum atomic E-state index is -0.133. The van der Waals surface area contributed by atoms with Crippen LogP contribution in [0.3, 0.4) is 0 Å². The quantitative estimate of drug-likeness (QED) is 0.614. The number of alkyl halides is 1. The van der Waals surface area contributed by atoms with E-state index >= 15 is 0 Å². The van der Waals surface area contributed by atoms with E-state index in [1.807, 2.05) is 22.6 Å². The molecule has 0 aromatic carbocycles. The average molecular weight is 270 g/mol. The van der Waals surface area contributed by atoms with E-state index in [-0.39, 0.29) is 11.4 Å². The summed E-state index contributed by atoms with van der Waals surface area (Å²) in [6, 6.07) is 0. The number of hydrogen-bond acceptors (Lipinski definition) is 2. The van der Waals surface area contributed by atoms with Crippen LogP contribution in [0.25, 0.3) is 0 Å². The molecule has 0 fully saturated rings. The van der Waals surface area contributed by atoms with Gasteiger partial charge in [-0.25, -0.2) is 4.98 Å². The van der Waals surface area contributed by atoms with E-state index in [1.54, 1.807) is 0 Å². The second-order valence-corrected chi connectivity index (χ2v) is 3.07. The summed E-state index contributed by atoms with van der Waals surface area (Å²) in [5, 5.41) is 0. The van der Waals surface area contributed by atoms with Crippen molar-refractivity contribution in [2.45, 2.75) is 5.88 Å². The molecule has 10 heavy (non-hydrogen) atoms. The number of nitrogens with zero attached hydrogens (tertiary/aromatic N) is 1. The maximum Gasteiger partial charge on any atom is 0.264 e. The Kier molecular flexibility index (Phi) is 2.67. The first-order chi connectivity index (χ1) is 4.74. The van der Waals surface area contributed by atoms with E-state index < -0.39 is 0 Å². The molecule has 0 radical (unpaired) electrons. The molecule has 0 aliphatic carbocycles. The van der Waals surface area contributed by atoms with Gasteiger partial charge in [-0.1, -0.05) is 0 Å². The van der Waals surface area contributed by atoms with Gasteiger partial charge in [0, 0.05) is 6.20 Å².